The average molecular weight is 285 g/mol. The van der Waals surface area contributed by atoms with Gasteiger partial charge in [0.15, 0.2) is 6.10 Å². The van der Waals surface area contributed by atoms with Gasteiger partial charge >= 0.3 is 5.97 Å². The fourth-order valence-electron chi connectivity index (χ4n) is 2.25. The Morgan fingerprint density at radius 1 is 1.14 bits per heavy atom. The SMILES string of the molecule is O=C1O[C@@H](C(=O)Nc2ccccc2F)Cc2ccccc21. The van der Waals surface area contributed by atoms with Crippen molar-refractivity contribution in [3.8, 4) is 0 Å². The number of amides is 1. The fraction of sp³-hybridized carbons (Fsp3) is 0.125. The third-order valence-electron chi connectivity index (χ3n) is 3.32. The summed E-state index contributed by atoms with van der Waals surface area (Å²) in [4.78, 5) is 24.0. The van der Waals surface area contributed by atoms with Crippen molar-refractivity contribution >= 4 is 17.6 Å². The molecule has 1 atom stereocenters. The lowest BCUT2D eigenvalue weighted by Crippen LogP contribution is -2.38. The molecule has 0 saturated carbocycles. The van der Waals surface area contributed by atoms with Gasteiger partial charge in [-0.05, 0) is 23.8 Å². The quantitative estimate of drug-likeness (QED) is 0.863. The molecule has 2 aromatic rings. The number of hydrogen-bond acceptors (Lipinski definition) is 3. The standard InChI is InChI=1S/C16H12FNO3/c17-12-7-3-4-8-13(12)18-15(19)14-9-10-5-1-2-6-11(10)16(20)21-14/h1-8,14H,9H2,(H,18,19)/t14-/m1/s1. The van der Waals surface area contributed by atoms with Gasteiger partial charge < -0.3 is 10.1 Å². The van der Waals surface area contributed by atoms with Crippen LogP contribution in [0.5, 0.6) is 0 Å². The van der Waals surface area contributed by atoms with E-state index in [1.54, 1.807) is 30.3 Å². The largest absolute Gasteiger partial charge is 0.448 e. The van der Waals surface area contributed by atoms with Crippen molar-refractivity contribution in [3.63, 3.8) is 0 Å². The third kappa shape index (κ3) is 2.63. The molecule has 1 aliphatic rings. The molecule has 2 aromatic carbocycles. The molecule has 0 spiro atoms. The first kappa shape index (κ1) is 13.3. The summed E-state index contributed by atoms with van der Waals surface area (Å²) in [5.41, 5.74) is 1.28. The van der Waals surface area contributed by atoms with E-state index in [9.17, 15) is 14.0 Å². The minimum absolute atomic E-state index is 0.0670. The summed E-state index contributed by atoms with van der Waals surface area (Å²) in [5.74, 6) is -1.61. The highest BCUT2D eigenvalue weighted by atomic mass is 19.1. The topological polar surface area (TPSA) is 55.4 Å². The third-order valence-corrected chi connectivity index (χ3v) is 3.32. The van der Waals surface area contributed by atoms with Gasteiger partial charge in [-0.1, -0.05) is 30.3 Å². The second kappa shape index (κ2) is 5.36. The maximum atomic E-state index is 13.5. The molecule has 0 saturated heterocycles. The average Bonchev–Trinajstić information content (AvgIpc) is 2.49. The van der Waals surface area contributed by atoms with E-state index in [-0.39, 0.29) is 12.1 Å². The Hall–Kier alpha value is -2.69. The molecule has 1 aliphatic heterocycles. The first-order valence-electron chi connectivity index (χ1n) is 6.49. The number of carbonyl (C=O) groups excluding carboxylic acids is 2. The Morgan fingerprint density at radius 3 is 2.67 bits per heavy atom. The number of halogens is 1. The van der Waals surface area contributed by atoms with Gasteiger partial charge in [-0.15, -0.1) is 0 Å². The minimum Gasteiger partial charge on any atom is -0.448 e. The highest BCUT2D eigenvalue weighted by Gasteiger charge is 2.31. The normalized spacial score (nSPS) is 16.8. The molecule has 0 radical (unpaired) electrons. The maximum Gasteiger partial charge on any atom is 0.339 e. The van der Waals surface area contributed by atoms with Crippen LogP contribution in [-0.2, 0) is 16.0 Å². The number of carbonyl (C=O) groups is 2. The second-order valence-electron chi connectivity index (χ2n) is 4.72. The molecule has 0 bridgehead atoms. The highest BCUT2D eigenvalue weighted by Crippen LogP contribution is 2.22. The molecule has 0 fully saturated rings. The first-order valence-corrected chi connectivity index (χ1v) is 6.49. The van der Waals surface area contributed by atoms with Crippen LogP contribution in [0.3, 0.4) is 0 Å². The van der Waals surface area contributed by atoms with Crippen molar-refractivity contribution in [1.82, 2.24) is 0 Å². The molecule has 4 nitrogen and oxygen atoms in total. The molecule has 5 heteroatoms. The lowest BCUT2D eigenvalue weighted by molar-refractivity contribution is -0.125. The number of rotatable bonds is 2. The van der Waals surface area contributed by atoms with Crippen LogP contribution in [0.25, 0.3) is 0 Å². The smallest absolute Gasteiger partial charge is 0.339 e. The van der Waals surface area contributed by atoms with Crippen LogP contribution in [0.4, 0.5) is 10.1 Å². The molecule has 21 heavy (non-hydrogen) atoms. The Morgan fingerprint density at radius 2 is 1.86 bits per heavy atom. The van der Waals surface area contributed by atoms with Gasteiger partial charge in [0.05, 0.1) is 11.3 Å². The van der Waals surface area contributed by atoms with Crippen molar-refractivity contribution in [2.75, 3.05) is 5.32 Å². The lowest BCUT2D eigenvalue weighted by Gasteiger charge is -2.23. The summed E-state index contributed by atoms with van der Waals surface area (Å²) < 4.78 is 18.6. The number of esters is 1. The number of benzene rings is 2. The predicted octanol–water partition coefficient (Wildman–Crippen LogP) is 2.55. The highest BCUT2D eigenvalue weighted by molar-refractivity contribution is 6.00. The zero-order chi connectivity index (χ0) is 14.8. The Balaban J connectivity index is 1.78. The molecule has 1 heterocycles. The summed E-state index contributed by atoms with van der Waals surface area (Å²) in [6, 6.07) is 12.8. The van der Waals surface area contributed by atoms with Crippen molar-refractivity contribution < 1.29 is 18.7 Å². The van der Waals surface area contributed by atoms with Crippen LogP contribution in [0.2, 0.25) is 0 Å². The number of cyclic esters (lactones) is 1. The van der Waals surface area contributed by atoms with Gasteiger partial charge in [-0.2, -0.15) is 0 Å². The number of ether oxygens (including phenoxy) is 1. The summed E-state index contributed by atoms with van der Waals surface area (Å²) in [7, 11) is 0. The van der Waals surface area contributed by atoms with Crippen molar-refractivity contribution in [2.45, 2.75) is 12.5 Å². The first-order chi connectivity index (χ1) is 10.1. The number of anilines is 1. The molecule has 106 valence electrons. The zero-order valence-electron chi connectivity index (χ0n) is 11.0. The van der Waals surface area contributed by atoms with Crippen LogP contribution in [0.15, 0.2) is 48.5 Å². The molecule has 1 N–H and O–H groups in total. The van der Waals surface area contributed by atoms with Crippen molar-refractivity contribution in [3.05, 3.63) is 65.5 Å². The zero-order valence-corrected chi connectivity index (χ0v) is 11.0. The second-order valence-corrected chi connectivity index (χ2v) is 4.72. The van der Waals surface area contributed by atoms with E-state index in [2.05, 4.69) is 5.32 Å². The Kier molecular flexibility index (Phi) is 3.39. The predicted molar refractivity (Wildman–Crippen MR) is 74.4 cm³/mol. The van der Waals surface area contributed by atoms with Crippen LogP contribution >= 0.6 is 0 Å². The van der Waals surface area contributed by atoms with Gasteiger partial charge in [0.2, 0.25) is 0 Å². The lowest BCUT2D eigenvalue weighted by atomic mass is 9.98. The molecule has 0 aromatic heterocycles. The van der Waals surface area contributed by atoms with E-state index in [1.165, 1.54) is 18.2 Å². The summed E-state index contributed by atoms with van der Waals surface area (Å²) >= 11 is 0. The van der Waals surface area contributed by atoms with E-state index in [1.807, 2.05) is 0 Å². The van der Waals surface area contributed by atoms with Gasteiger partial charge in [-0.3, -0.25) is 4.79 Å². The van der Waals surface area contributed by atoms with E-state index in [0.717, 1.165) is 5.56 Å². The van der Waals surface area contributed by atoms with E-state index in [4.69, 9.17) is 4.74 Å². The van der Waals surface area contributed by atoms with Crippen LogP contribution in [-0.4, -0.2) is 18.0 Å². The van der Waals surface area contributed by atoms with Crippen molar-refractivity contribution in [2.24, 2.45) is 0 Å². The number of fused-ring (bicyclic) bond motifs is 1. The Bertz CT molecular complexity index is 714. The monoisotopic (exact) mass is 285 g/mol. The van der Waals surface area contributed by atoms with Crippen LogP contribution in [0, 0.1) is 5.82 Å². The fourth-order valence-corrected chi connectivity index (χ4v) is 2.25. The van der Waals surface area contributed by atoms with Crippen LogP contribution < -0.4 is 5.32 Å². The number of para-hydroxylation sites is 1. The van der Waals surface area contributed by atoms with E-state index >= 15 is 0 Å². The van der Waals surface area contributed by atoms with E-state index < -0.39 is 23.8 Å². The Labute approximate surface area is 120 Å². The molecular formula is C16H12FNO3. The number of hydrogen-bond donors (Lipinski definition) is 1. The van der Waals surface area contributed by atoms with Gasteiger partial charge in [-0.25, -0.2) is 9.18 Å². The molecular weight excluding hydrogens is 273 g/mol. The van der Waals surface area contributed by atoms with Crippen molar-refractivity contribution in [1.29, 1.82) is 0 Å². The van der Waals surface area contributed by atoms with Gasteiger partial charge in [0.25, 0.3) is 5.91 Å². The molecule has 3 rings (SSSR count). The van der Waals surface area contributed by atoms with E-state index in [0.29, 0.717) is 5.56 Å². The molecule has 0 unspecified atom stereocenters. The summed E-state index contributed by atoms with van der Waals surface area (Å²) in [5, 5.41) is 2.44. The summed E-state index contributed by atoms with van der Waals surface area (Å²) in [6.45, 7) is 0. The molecule has 1 amide bonds. The maximum absolute atomic E-state index is 13.5. The summed E-state index contributed by atoms with van der Waals surface area (Å²) in [6.07, 6.45) is -0.672. The van der Waals surface area contributed by atoms with Gasteiger partial charge in [0.1, 0.15) is 5.82 Å². The minimum atomic E-state index is -0.952. The molecule has 0 aliphatic carbocycles. The van der Waals surface area contributed by atoms with Crippen LogP contribution in [0.1, 0.15) is 15.9 Å². The number of nitrogens with one attached hydrogen (secondary N) is 1. The van der Waals surface area contributed by atoms with Gasteiger partial charge in [0, 0.05) is 6.42 Å².